The third-order valence-electron chi connectivity index (χ3n) is 4.18. The number of amides is 1. The quantitative estimate of drug-likeness (QED) is 0.606. The second-order valence-corrected chi connectivity index (χ2v) is 6.20. The molecule has 0 spiro atoms. The lowest BCUT2D eigenvalue weighted by atomic mass is 10.2. The first-order valence-electron chi connectivity index (χ1n) is 9.27. The summed E-state index contributed by atoms with van der Waals surface area (Å²) in [5, 5.41) is 6.06. The Morgan fingerprint density at radius 1 is 1.19 bits per heavy atom. The fourth-order valence-corrected chi connectivity index (χ4v) is 2.84. The molecule has 1 aliphatic heterocycles. The van der Waals surface area contributed by atoms with Gasteiger partial charge < -0.3 is 14.8 Å². The lowest BCUT2D eigenvalue weighted by molar-refractivity contribution is 0.0975. The van der Waals surface area contributed by atoms with Gasteiger partial charge in [0, 0.05) is 12.2 Å². The first kappa shape index (κ1) is 18.9. The molecule has 2 N–H and O–H groups in total. The minimum absolute atomic E-state index is 0.0950. The number of nitrogens with zero attached hydrogens (tertiary/aromatic N) is 1. The second-order valence-electron chi connectivity index (χ2n) is 6.20. The van der Waals surface area contributed by atoms with Gasteiger partial charge in [-0.05, 0) is 44.0 Å². The van der Waals surface area contributed by atoms with E-state index in [9.17, 15) is 4.79 Å². The van der Waals surface area contributed by atoms with Crippen LogP contribution in [0.25, 0.3) is 0 Å². The Bertz CT molecular complexity index is 771. The van der Waals surface area contributed by atoms with E-state index in [1.807, 2.05) is 49.4 Å². The maximum atomic E-state index is 12.6. The number of ether oxygens (including phenoxy) is 2. The highest BCUT2D eigenvalue weighted by Gasteiger charge is 2.16. The number of carbonyl (C=O) groups excluding carboxylic acids is 1. The predicted molar refractivity (Wildman–Crippen MR) is 106 cm³/mol. The van der Waals surface area contributed by atoms with E-state index in [1.165, 1.54) is 0 Å². The summed E-state index contributed by atoms with van der Waals surface area (Å²) in [5.74, 6) is 0.869. The molecule has 1 saturated heterocycles. The zero-order valence-corrected chi connectivity index (χ0v) is 15.5. The molecule has 0 unspecified atom stereocenters. The average Bonchev–Trinajstić information content (AvgIpc) is 3.22. The smallest absolute Gasteiger partial charge is 0.257 e. The first-order chi connectivity index (χ1) is 13.3. The second kappa shape index (κ2) is 9.73. The van der Waals surface area contributed by atoms with E-state index in [4.69, 9.17) is 9.47 Å². The van der Waals surface area contributed by atoms with Crippen LogP contribution in [0.1, 0.15) is 30.1 Å². The molecule has 1 aliphatic rings. The number of hydrogen-bond acceptors (Lipinski definition) is 4. The molecule has 1 heterocycles. The highest BCUT2D eigenvalue weighted by Crippen LogP contribution is 2.23. The summed E-state index contributed by atoms with van der Waals surface area (Å²) in [6.45, 7) is 3.75. The van der Waals surface area contributed by atoms with Crippen LogP contribution in [0.15, 0.2) is 59.6 Å². The minimum Gasteiger partial charge on any atom is -0.492 e. The van der Waals surface area contributed by atoms with Crippen molar-refractivity contribution in [2.75, 3.05) is 25.1 Å². The van der Waals surface area contributed by atoms with Crippen LogP contribution in [-0.4, -0.2) is 37.7 Å². The van der Waals surface area contributed by atoms with E-state index < -0.39 is 0 Å². The lowest BCUT2D eigenvalue weighted by Gasteiger charge is -2.16. The molecule has 1 amide bonds. The van der Waals surface area contributed by atoms with Crippen LogP contribution in [-0.2, 0) is 4.74 Å². The number of para-hydroxylation sites is 2. The van der Waals surface area contributed by atoms with Gasteiger partial charge >= 0.3 is 0 Å². The van der Waals surface area contributed by atoms with Gasteiger partial charge in [0.05, 0.1) is 24.9 Å². The Morgan fingerprint density at radius 3 is 2.70 bits per heavy atom. The zero-order valence-electron chi connectivity index (χ0n) is 15.5. The van der Waals surface area contributed by atoms with Gasteiger partial charge in [0.2, 0.25) is 5.96 Å². The normalized spacial score (nSPS) is 16.8. The van der Waals surface area contributed by atoms with Crippen molar-refractivity contribution in [2.45, 2.75) is 25.9 Å². The molecule has 0 saturated carbocycles. The zero-order chi connectivity index (χ0) is 18.9. The van der Waals surface area contributed by atoms with E-state index >= 15 is 0 Å². The largest absolute Gasteiger partial charge is 0.492 e. The molecule has 0 bridgehead atoms. The van der Waals surface area contributed by atoms with Crippen molar-refractivity contribution in [3.63, 3.8) is 0 Å². The molecular weight excluding hydrogens is 342 g/mol. The average molecular weight is 367 g/mol. The van der Waals surface area contributed by atoms with E-state index in [0.29, 0.717) is 30.4 Å². The molecule has 1 atom stereocenters. The van der Waals surface area contributed by atoms with E-state index in [2.05, 4.69) is 15.6 Å². The van der Waals surface area contributed by atoms with Gasteiger partial charge in [-0.3, -0.25) is 10.1 Å². The predicted octanol–water partition coefficient (Wildman–Crippen LogP) is 3.46. The van der Waals surface area contributed by atoms with Crippen molar-refractivity contribution in [1.82, 2.24) is 5.32 Å². The van der Waals surface area contributed by atoms with E-state index in [0.717, 1.165) is 25.1 Å². The summed E-state index contributed by atoms with van der Waals surface area (Å²) in [6.07, 6.45) is 2.13. The molecule has 3 rings (SSSR count). The number of anilines is 1. The summed E-state index contributed by atoms with van der Waals surface area (Å²) < 4.78 is 11.3. The van der Waals surface area contributed by atoms with Crippen LogP contribution in [0.4, 0.5) is 5.69 Å². The fourth-order valence-electron chi connectivity index (χ4n) is 2.84. The van der Waals surface area contributed by atoms with Gasteiger partial charge in [-0.1, -0.05) is 30.3 Å². The monoisotopic (exact) mass is 367 g/mol. The van der Waals surface area contributed by atoms with Gasteiger partial charge in [0.1, 0.15) is 5.75 Å². The van der Waals surface area contributed by atoms with Crippen LogP contribution in [0, 0.1) is 0 Å². The van der Waals surface area contributed by atoms with Crippen molar-refractivity contribution < 1.29 is 14.3 Å². The molecule has 2 aromatic rings. The number of nitrogens with one attached hydrogen (secondary N) is 2. The van der Waals surface area contributed by atoms with Crippen LogP contribution in [0.2, 0.25) is 0 Å². The van der Waals surface area contributed by atoms with Crippen LogP contribution < -0.4 is 15.4 Å². The van der Waals surface area contributed by atoms with E-state index in [-0.39, 0.29) is 12.0 Å². The molecule has 27 heavy (non-hydrogen) atoms. The molecule has 142 valence electrons. The summed E-state index contributed by atoms with van der Waals surface area (Å²) in [4.78, 5) is 17.1. The van der Waals surface area contributed by atoms with Crippen molar-refractivity contribution >= 4 is 17.6 Å². The maximum Gasteiger partial charge on any atom is 0.257 e. The molecule has 0 aromatic heterocycles. The number of benzene rings is 2. The van der Waals surface area contributed by atoms with Crippen LogP contribution in [0.3, 0.4) is 0 Å². The number of carbonyl (C=O) groups is 1. The maximum absolute atomic E-state index is 12.6. The summed E-state index contributed by atoms with van der Waals surface area (Å²) in [7, 11) is 0. The Kier molecular flexibility index (Phi) is 6.82. The Hall–Kier alpha value is -2.86. The number of aliphatic imine (C=N–C) groups is 1. The summed E-state index contributed by atoms with van der Waals surface area (Å²) >= 11 is 0. The highest BCUT2D eigenvalue weighted by atomic mass is 16.5. The Morgan fingerprint density at radius 2 is 1.96 bits per heavy atom. The third-order valence-corrected chi connectivity index (χ3v) is 4.18. The molecule has 1 fully saturated rings. The molecule has 0 radical (unpaired) electrons. The van der Waals surface area contributed by atoms with E-state index in [1.54, 1.807) is 12.1 Å². The molecular formula is C21H25N3O3. The molecule has 2 aromatic carbocycles. The molecule has 6 nitrogen and oxygen atoms in total. The number of hydrogen-bond donors (Lipinski definition) is 2. The summed E-state index contributed by atoms with van der Waals surface area (Å²) in [5.41, 5.74) is 1.32. The standard InChI is InChI=1S/C21H25N3O3/c1-2-26-19-13-7-6-12-18(19)23-21(22-15-17-11-8-14-27-17)24-20(25)16-9-4-3-5-10-16/h3-7,9-10,12-13,17H,2,8,11,14-15H2,1H3,(H2,22,23,24,25)/t17-/m0/s1. The minimum atomic E-state index is -0.219. The first-order valence-corrected chi connectivity index (χ1v) is 9.27. The number of rotatable bonds is 6. The van der Waals surface area contributed by atoms with Crippen LogP contribution in [0.5, 0.6) is 5.75 Å². The summed E-state index contributed by atoms with van der Waals surface area (Å²) in [6, 6.07) is 16.6. The Labute approximate surface area is 159 Å². The van der Waals surface area contributed by atoms with Gasteiger partial charge in [-0.2, -0.15) is 0 Å². The topological polar surface area (TPSA) is 71.9 Å². The highest BCUT2D eigenvalue weighted by molar-refractivity contribution is 6.10. The van der Waals surface area contributed by atoms with Gasteiger partial charge in [-0.25, -0.2) is 4.99 Å². The van der Waals surface area contributed by atoms with Gasteiger partial charge in [0.25, 0.3) is 5.91 Å². The molecule has 0 aliphatic carbocycles. The van der Waals surface area contributed by atoms with Crippen molar-refractivity contribution in [3.05, 3.63) is 60.2 Å². The lowest BCUT2D eigenvalue weighted by Crippen LogP contribution is -2.36. The van der Waals surface area contributed by atoms with Crippen LogP contribution >= 0.6 is 0 Å². The number of guanidine groups is 1. The Balaban J connectivity index is 1.77. The van der Waals surface area contributed by atoms with Crippen molar-refractivity contribution in [3.8, 4) is 5.75 Å². The molecule has 6 heteroatoms. The fraction of sp³-hybridized carbons (Fsp3) is 0.333. The SMILES string of the molecule is CCOc1ccccc1NC(=NC[C@@H]1CCCO1)NC(=O)c1ccccc1. The third kappa shape index (κ3) is 5.56. The van der Waals surface area contributed by atoms with Crippen molar-refractivity contribution in [2.24, 2.45) is 4.99 Å². The van der Waals surface area contributed by atoms with Gasteiger partial charge in [-0.15, -0.1) is 0 Å². The van der Waals surface area contributed by atoms with Gasteiger partial charge in [0.15, 0.2) is 0 Å². The van der Waals surface area contributed by atoms with Crippen molar-refractivity contribution in [1.29, 1.82) is 0 Å².